The van der Waals surface area contributed by atoms with E-state index in [-0.39, 0.29) is 18.9 Å². The van der Waals surface area contributed by atoms with Crippen LogP contribution in [0.3, 0.4) is 0 Å². The van der Waals surface area contributed by atoms with Crippen molar-refractivity contribution in [2.75, 3.05) is 16.8 Å². The van der Waals surface area contributed by atoms with Crippen LogP contribution < -0.4 is 10.2 Å². The number of carbonyl (C=O) groups excluding carboxylic acids is 1. The van der Waals surface area contributed by atoms with Gasteiger partial charge in [-0.05, 0) is 32.0 Å². The van der Waals surface area contributed by atoms with Gasteiger partial charge in [0.15, 0.2) is 0 Å². The third-order valence-corrected chi connectivity index (χ3v) is 3.63. The SMILES string of the molecule is CC(C)(CC(=O)O)N1CC(=O)Nc2cc(Br)ccc21. The minimum Gasteiger partial charge on any atom is -0.481 e. The second-order valence-electron chi connectivity index (χ2n) is 5.18. The van der Waals surface area contributed by atoms with Gasteiger partial charge in [-0.3, -0.25) is 9.59 Å². The number of nitrogens with one attached hydrogen (secondary N) is 1. The van der Waals surface area contributed by atoms with Crippen LogP contribution in [-0.4, -0.2) is 29.1 Å². The molecule has 2 rings (SSSR count). The zero-order valence-electron chi connectivity index (χ0n) is 10.7. The Bertz CT molecular complexity index is 543. The van der Waals surface area contributed by atoms with Gasteiger partial charge in [-0.1, -0.05) is 15.9 Å². The number of anilines is 2. The predicted octanol–water partition coefficient (Wildman–Crippen LogP) is 2.46. The van der Waals surface area contributed by atoms with Crippen LogP contribution in [0, 0.1) is 0 Å². The molecule has 1 aromatic carbocycles. The second kappa shape index (κ2) is 4.85. The fourth-order valence-electron chi connectivity index (χ4n) is 2.27. The molecule has 5 nitrogen and oxygen atoms in total. The molecule has 0 aliphatic carbocycles. The number of carboxylic acids is 1. The first-order valence-electron chi connectivity index (χ1n) is 5.88. The van der Waals surface area contributed by atoms with Crippen LogP contribution in [0.2, 0.25) is 0 Å². The van der Waals surface area contributed by atoms with Gasteiger partial charge < -0.3 is 15.3 Å². The molecule has 0 unspecified atom stereocenters. The van der Waals surface area contributed by atoms with Gasteiger partial charge in [-0.25, -0.2) is 0 Å². The molecule has 0 fully saturated rings. The number of carboxylic acid groups (broad SMARTS) is 1. The summed E-state index contributed by atoms with van der Waals surface area (Å²) in [5.74, 6) is -1.02. The van der Waals surface area contributed by atoms with Gasteiger partial charge in [-0.15, -0.1) is 0 Å². The van der Waals surface area contributed by atoms with E-state index < -0.39 is 11.5 Å². The largest absolute Gasteiger partial charge is 0.481 e. The molecular weight excluding hydrogens is 312 g/mol. The number of halogens is 1. The van der Waals surface area contributed by atoms with Gasteiger partial charge in [0.1, 0.15) is 0 Å². The third kappa shape index (κ3) is 2.89. The zero-order valence-corrected chi connectivity index (χ0v) is 12.3. The Labute approximate surface area is 119 Å². The summed E-state index contributed by atoms with van der Waals surface area (Å²) in [7, 11) is 0. The first kappa shape index (κ1) is 13.9. The van der Waals surface area contributed by atoms with Crippen molar-refractivity contribution < 1.29 is 14.7 Å². The van der Waals surface area contributed by atoms with Crippen LogP contribution in [0.1, 0.15) is 20.3 Å². The minimum absolute atomic E-state index is 0.0320. The highest BCUT2D eigenvalue weighted by atomic mass is 79.9. The number of carbonyl (C=O) groups is 2. The number of hydrogen-bond donors (Lipinski definition) is 2. The van der Waals surface area contributed by atoms with Crippen LogP contribution in [0.5, 0.6) is 0 Å². The van der Waals surface area contributed by atoms with E-state index in [0.717, 1.165) is 10.2 Å². The topological polar surface area (TPSA) is 69.6 Å². The summed E-state index contributed by atoms with van der Waals surface area (Å²) >= 11 is 3.36. The van der Waals surface area contributed by atoms with Crippen LogP contribution in [-0.2, 0) is 9.59 Å². The molecule has 1 heterocycles. The highest BCUT2D eigenvalue weighted by Gasteiger charge is 2.35. The summed E-state index contributed by atoms with van der Waals surface area (Å²) < 4.78 is 0.865. The van der Waals surface area contributed by atoms with Crippen LogP contribution in [0.25, 0.3) is 0 Å². The standard InChI is InChI=1S/C13H15BrN2O3/c1-13(2,6-12(18)19)16-7-11(17)15-9-5-8(14)3-4-10(9)16/h3-5H,6-7H2,1-2H3,(H,15,17)(H,18,19). The molecule has 0 atom stereocenters. The lowest BCUT2D eigenvalue weighted by molar-refractivity contribution is -0.138. The fraction of sp³-hybridized carbons (Fsp3) is 0.385. The maximum absolute atomic E-state index is 11.8. The minimum atomic E-state index is -0.880. The average Bonchev–Trinajstić information content (AvgIpc) is 2.25. The lowest BCUT2D eigenvalue weighted by atomic mass is 9.95. The molecule has 0 aromatic heterocycles. The van der Waals surface area contributed by atoms with Crippen molar-refractivity contribution >= 4 is 39.2 Å². The van der Waals surface area contributed by atoms with Crippen molar-refractivity contribution in [3.63, 3.8) is 0 Å². The summed E-state index contributed by atoms with van der Waals surface area (Å²) in [6.45, 7) is 3.81. The number of benzene rings is 1. The molecule has 102 valence electrons. The number of fused-ring (bicyclic) bond motifs is 1. The van der Waals surface area contributed by atoms with Gasteiger partial charge in [-0.2, -0.15) is 0 Å². The molecule has 0 bridgehead atoms. The van der Waals surface area contributed by atoms with E-state index in [1.807, 2.05) is 36.9 Å². The van der Waals surface area contributed by atoms with Gasteiger partial charge >= 0.3 is 5.97 Å². The van der Waals surface area contributed by atoms with Gasteiger partial charge in [0.05, 0.1) is 24.3 Å². The highest BCUT2D eigenvalue weighted by molar-refractivity contribution is 9.10. The third-order valence-electron chi connectivity index (χ3n) is 3.14. The second-order valence-corrected chi connectivity index (χ2v) is 6.09. The Balaban J connectivity index is 2.43. The lowest BCUT2D eigenvalue weighted by Gasteiger charge is -2.42. The quantitative estimate of drug-likeness (QED) is 0.895. The van der Waals surface area contributed by atoms with Crippen LogP contribution in [0.4, 0.5) is 11.4 Å². The monoisotopic (exact) mass is 326 g/mol. The van der Waals surface area contributed by atoms with E-state index in [0.29, 0.717) is 5.69 Å². The molecule has 1 aliphatic rings. The Morgan fingerprint density at radius 3 is 2.84 bits per heavy atom. The van der Waals surface area contributed by atoms with Crippen molar-refractivity contribution in [2.24, 2.45) is 0 Å². The van der Waals surface area contributed by atoms with E-state index in [2.05, 4.69) is 21.2 Å². The average molecular weight is 327 g/mol. The molecule has 0 saturated heterocycles. The number of nitrogens with zero attached hydrogens (tertiary/aromatic N) is 1. The smallest absolute Gasteiger partial charge is 0.305 e. The zero-order chi connectivity index (χ0) is 14.2. The van der Waals surface area contributed by atoms with Crippen molar-refractivity contribution in [3.05, 3.63) is 22.7 Å². The van der Waals surface area contributed by atoms with Crippen LogP contribution >= 0.6 is 15.9 Å². The van der Waals surface area contributed by atoms with Crippen molar-refractivity contribution in [1.29, 1.82) is 0 Å². The van der Waals surface area contributed by atoms with Crippen LogP contribution in [0.15, 0.2) is 22.7 Å². The molecule has 0 spiro atoms. The van der Waals surface area contributed by atoms with E-state index in [1.165, 1.54) is 0 Å². The Morgan fingerprint density at radius 2 is 2.21 bits per heavy atom. The molecule has 6 heteroatoms. The molecule has 2 N–H and O–H groups in total. The Hall–Kier alpha value is -1.56. The fourth-order valence-corrected chi connectivity index (χ4v) is 2.63. The van der Waals surface area contributed by atoms with E-state index in [9.17, 15) is 9.59 Å². The molecule has 1 aromatic rings. The Kier molecular flexibility index (Phi) is 3.54. The maximum atomic E-state index is 11.8. The summed E-state index contributed by atoms with van der Waals surface area (Å²) in [4.78, 5) is 24.6. The molecule has 0 saturated carbocycles. The number of hydrogen-bond acceptors (Lipinski definition) is 3. The number of amides is 1. The molecule has 0 radical (unpaired) electrons. The first-order chi connectivity index (χ1) is 8.79. The summed E-state index contributed by atoms with van der Waals surface area (Å²) in [5, 5.41) is 11.8. The van der Waals surface area contributed by atoms with Crippen molar-refractivity contribution in [3.8, 4) is 0 Å². The number of aliphatic carboxylic acids is 1. The lowest BCUT2D eigenvalue weighted by Crippen LogP contribution is -2.51. The highest BCUT2D eigenvalue weighted by Crippen LogP contribution is 2.37. The van der Waals surface area contributed by atoms with E-state index in [4.69, 9.17) is 5.11 Å². The normalized spacial score (nSPS) is 14.9. The van der Waals surface area contributed by atoms with Crippen molar-refractivity contribution in [1.82, 2.24) is 0 Å². The Morgan fingerprint density at radius 1 is 1.53 bits per heavy atom. The first-order valence-corrected chi connectivity index (χ1v) is 6.68. The summed E-state index contributed by atoms with van der Waals surface area (Å²) in [6.07, 6.45) is -0.0320. The molecule has 1 aliphatic heterocycles. The molecule has 1 amide bonds. The van der Waals surface area contributed by atoms with E-state index >= 15 is 0 Å². The van der Waals surface area contributed by atoms with Gasteiger partial charge in [0.2, 0.25) is 5.91 Å². The van der Waals surface area contributed by atoms with Gasteiger partial charge in [0.25, 0.3) is 0 Å². The van der Waals surface area contributed by atoms with E-state index in [1.54, 1.807) is 0 Å². The van der Waals surface area contributed by atoms with Crippen molar-refractivity contribution in [2.45, 2.75) is 25.8 Å². The summed E-state index contributed by atoms with van der Waals surface area (Å²) in [5.41, 5.74) is 0.907. The summed E-state index contributed by atoms with van der Waals surface area (Å²) in [6, 6.07) is 5.57. The number of rotatable bonds is 3. The predicted molar refractivity (Wildman–Crippen MR) is 76.4 cm³/mol. The van der Waals surface area contributed by atoms with Gasteiger partial charge in [0, 0.05) is 10.0 Å². The molecule has 19 heavy (non-hydrogen) atoms. The maximum Gasteiger partial charge on any atom is 0.305 e. The molecular formula is C13H15BrN2O3.